The zero-order valence-corrected chi connectivity index (χ0v) is 14.4. The molecule has 0 heterocycles. The van der Waals surface area contributed by atoms with E-state index in [0.717, 1.165) is 57.4 Å². The van der Waals surface area contributed by atoms with Crippen LogP contribution in [0.2, 0.25) is 0 Å². The van der Waals surface area contributed by atoms with Crippen LogP contribution in [-0.2, 0) is 4.79 Å². The molecule has 1 saturated carbocycles. The Morgan fingerprint density at radius 1 is 1.38 bits per heavy atom. The van der Waals surface area contributed by atoms with Crippen LogP contribution in [0, 0.1) is 5.92 Å². The first kappa shape index (κ1) is 18.4. The number of rotatable bonds is 10. The van der Waals surface area contributed by atoms with Gasteiger partial charge in [0.05, 0.1) is 4.75 Å². The summed E-state index contributed by atoms with van der Waals surface area (Å²) in [5.41, 5.74) is 1.33. The van der Waals surface area contributed by atoms with Crippen LogP contribution in [0.25, 0.3) is 0 Å². The molecule has 120 valence electrons. The van der Waals surface area contributed by atoms with Crippen molar-refractivity contribution in [1.82, 2.24) is 5.32 Å². The summed E-state index contributed by atoms with van der Waals surface area (Å²) in [6.45, 7) is 12.9. The highest BCUT2D eigenvalue weighted by atomic mass is 32.2. The summed E-state index contributed by atoms with van der Waals surface area (Å²) >= 11 is 1.72. The molecule has 1 amide bonds. The molecule has 0 aliphatic heterocycles. The van der Waals surface area contributed by atoms with Gasteiger partial charge in [0.2, 0.25) is 0 Å². The average Bonchev–Trinajstić information content (AvgIpc) is 2.99. The lowest BCUT2D eigenvalue weighted by Crippen LogP contribution is -2.33. The summed E-state index contributed by atoms with van der Waals surface area (Å²) in [5, 5.41) is 3.50. The molecule has 0 spiro atoms. The molecule has 1 aliphatic rings. The molecule has 0 saturated heterocycles. The maximum Gasteiger partial charge on any atom is 0.261 e. The molecule has 21 heavy (non-hydrogen) atoms. The quantitative estimate of drug-likeness (QED) is 0.285. The number of carbonyl (C=O) groups excluding carboxylic acids is 1. The second-order valence-electron chi connectivity index (χ2n) is 5.99. The Bertz CT molecular complexity index is 362. The van der Waals surface area contributed by atoms with Crippen LogP contribution >= 0.6 is 11.8 Å². The Morgan fingerprint density at radius 2 is 2.05 bits per heavy atom. The van der Waals surface area contributed by atoms with Gasteiger partial charge in [-0.25, -0.2) is 4.99 Å². The van der Waals surface area contributed by atoms with Crippen LogP contribution < -0.4 is 5.32 Å². The fourth-order valence-electron chi connectivity index (χ4n) is 2.88. The highest BCUT2D eigenvalue weighted by molar-refractivity contribution is 8.01. The summed E-state index contributed by atoms with van der Waals surface area (Å²) in [7, 11) is 0. The topological polar surface area (TPSA) is 41.5 Å². The van der Waals surface area contributed by atoms with Crippen molar-refractivity contribution in [3.63, 3.8) is 0 Å². The minimum Gasteiger partial charge on any atom is -0.308 e. The zero-order valence-electron chi connectivity index (χ0n) is 13.6. The van der Waals surface area contributed by atoms with Crippen molar-refractivity contribution in [3.05, 3.63) is 12.2 Å². The standard InChI is InChI=1S/C17H30N2OS/c1-5-14(3)11-15(6-2)12-19-13-21-17(16(20)18-4)9-7-8-10-17/h15,19H,3-13H2,1-2H3. The molecule has 1 unspecified atom stereocenters. The number of allylic oxidation sites excluding steroid dienone is 1. The van der Waals surface area contributed by atoms with Crippen molar-refractivity contribution >= 4 is 24.4 Å². The summed E-state index contributed by atoms with van der Waals surface area (Å²) in [4.78, 5) is 15.7. The van der Waals surface area contributed by atoms with Crippen LogP contribution in [0.5, 0.6) is 0 Å². The van der Waals surface area contributed by atoms with Crippen molar-refractivity contribution in [2.24, 2.45) is 10.9 Å². The van der Waals surface area contributed by atoms with Gasteiger partial charge in [-0.1, -0.05) is 45.3 Å². The maximum atomic E-state index is 12.0. The molecule has 4 heteroatoms. The maximum absolute atomic E-state index is 12.0. The predicted octanol–water partition coefficient (Wildman–Crippen LogP) is 4.19. The van der Waals surface area contributed by atoms with Crippen LogP contribution in [0.15, 0.2) is 17.1 Å². The normalized spacial score (nSPS) is 18.4. The molecular weight excluding hydrogens is 280 g/mol. The summed E-state index contributed by atoms with van der Waals surface area (Å²) < 4.78 is -0.302. The van der Waals surface area contributed by atoms with Gasteiger partial charge in [-0.3, -0.25) is 4.79 Å². The zero-order chi connectivity index (χ0) is 15.7. The third kappa shape index (κ3) is 5.59. The van der Waals surface area contributed by atoms with Crippen molar-refractivity contribution in [3.8, 4) is 0 Å². The highest BCUT2D eigenvalue weighted by Gasteiger charge is 2.41. The van der Waals surface area contributed by atoms with Gasteiger partial charge in [0, 0.05) is 5.88 Å². The molecule has 1 rings (SSSR count). The molecular formula is C17H30N2OS. The van der Waals surface area contributed by atoms with E-state index in [1.807, 2.05) is 0 Å². The van der Waals surface area contributed by atoms with Crippen molar-refractivity contribution in [1.29, 1.82) is 0 Å². The second-order valence-corrected chi connectivity index (χ2v) is 7.35. The molecule has 1 aliphatic carbocycles. The number of hydrogen-bond acceptors (Lipinski definition) is 3. The minimum absolute atomic E-state index is 0.0294. The molecule has 0 radical (unpaired) electrons. The van der Waals surface area contributed by atoms with E-state index in [9.17, 15) is 4.79 Å². The molecule has 1 atom stereocenters. The monoisotopic (exact) mass is 310 g/mol. The fourth-order valence-corrected chi connectivity index (χ4v) is 4.14. The summed E-state index contributed by atoms with van der Waals surface area (Å²) in [6.07, 6.45) is 7.47. The van der Waals surface area contributed by atoms with E-state index in [1.165, 1.54) is 5.57 Å². The largest absolute Gasteiger partial charge is 0.308 e. The van der Waals surface area contributed by atoms with Crippen LogP contribution in [0.3, 0.4) is 0 Å². The minimum atomic E-state index is -0.302. The van der Waals surface area contributed by atoms with Gasteiger partial charge in [0.1, 0.15) is 0 Å². The first-order chi connectivity index (χ1) is 10.1. The number of aliphatic imine (C=N–C) groups is 1. The first-order valence-electron chi connectivity index (χ1n) is 8.10. The van der Waals surface area contributed by atoms with Gasteiger partial charge >= 0.3 is 0 Å². The lowest BCUT2D eigenvalue weighted by molar-refractivity contribution is -0.119. The molecule has 3 nitrogen and oxygen atoms in total. The van der Waals surface area contributed by atoms with Gasteiger partial charge in [-0.2, -0.15) is 0 Å². The van der Waals surface area contributed by atoms with E-state index in [0.29, 0.717) is 5.92 Å². The molecule has 0 aromatic carbocycles. The van der Waals surface area contributed by atoms with E-state index in [4.69, 9.17) is 0 Å². The van der Waals surface area contributed by atoms with E-state index in [1.54, 1.807) is 11.8 Å². The smallest absolute Gasteiger partial charge is 0.261 e. The predicted molar refractivity (Wildman–Crippen MR) is 94.0 cm³/mol. The van der Waals surface area contributed by atoms with Crippen molar-refractivity contribution in [2.75, 3.05) is 12.4 Å². The van der Waals surface area contributed by atoms with Crippen molar-refractivity contribution < 1.29 is 4.79 Å². The Hall–Kier alpha value is -0.610. The second kappa shape index (κ2) is 9.42. The Morgan fingerprint density at radius 3 is 2.57 bits per heavy atom. The lowest BCUT2D eigenvalue weighted by atomic mass is 9.96. The van der Waals surface area contributed by atoms with Gasteiger partial charge in [-0.15, -0.1) is 11.8 Å². The van der Waals surface area contributed by atoms with E-state index in [-0.39, 0.29) is 10.7 Å². The third-order valence-electron chi connectivity index (χ3n) is 4.48. The lowest BCUT2D eigenvalue weighted by Gasteiger charge is -2.25. The number of amides is 1. The van der Waals surface area contributed by atoms with Crippen LogP contribution in [0.1, 0.15) is 58.8 Å². The van der Waals surface area contributed by atoms with Gasteiger partial charge in [-0.05, 0) is 44.9 Å². The number of carbonyl (C=O) groups is 1. The number of hydrogen-bond donors (Lipinski definition) is 1. The Balaban J connectivity index is 2.35. The summed E-state index contributed by atoms with van der Waals surface area (Å²) in [6, 6.07) is 0. The number of nitrogens with one attached hydrogen (secondary N) is 1. The van der Waals surface area contributed by atoms with Gasteiger partial charge in [0.25, 0.3) is 5.91 Å². The SMILES string of the molecule is C=NC(=O)C1(SCNCC(CC)CC(=C)CC)CCCC1. The molecule has 1 N–H and O–H groups in total. The molecule has 0 bridgehead atoms. The highest BCUT2D eigenvalue weighted by Crippen LogP contribution is 2.42. The third-order valence-corrected chi connectivity index (χ3v) is 5.97. The molecule has 0 aromatic heterocycles. The van der Waals surface area contributed by atoms with Crippen molar-refractivity contribution in [2.45, 2.75) is 63.5 Å². The van der Waals surface area contributed by atoms with E-state index in [2.05, 4.69) is 37.5 Å². The van der Waals surface area contributed by atoms with Crippen LogP contribution in [0.4, 0.5) is 0 Å². The van der Waals surface area contributed by atoms with Crippen LogP contribution in [-0.4, -0.2) is 29.8 Å². The molecule has 1 fully saturated rings. The fraction of sp³-hybridized carbons (Fsp3) is 0.765. The number of nitrogens with zero attached hydrogens (tertiary/aromatic N) is 1. The number of thioether (sulfide) groups is 1. The average molecular weight is 311 g/mol. The Kier molecular flexibility index (Phi) is 8.27. The van der Waals surface area contributed by atoms with E-state index >= 15 is 0 Å². The summed E-state index contributed by atoms with van der Waals surface area (Å²) in [5.74, 6) is 1.43. The first-order valence-corrected chi connectivity index (χ1v) is 9.09. The van der Waals surface area contributed by atoms with Gasteiger partial charge in [0.15, 0.2) is 0 Å². The molecule has 0 aromatic rings. The Labute approximate surface area is 134 Å². The van der Waals surface area contributed by atoms with Gasteiger partial charge < -0.3 is 5.32 Å². The van der Waals surface area contributed by atoms with E-state index < -0.39 is 0 Å².